The van der Waals surface area contributed by atoms with Crippen molar-refractivity contribution in [2.45, 2.75) is 23.4 Å². The topological polar surface area (TPSA) is 58.8 Å². The molecule has 0 saturated heterocycles. The maximum Gasteiger partial charge on any atom is 0.170 e. The van der Waals surface area contributed by atoms with Crippen LogP contribution < -0.4 is 4.74 Å². The van der Waals surface area contributed by atoms with Crippen molar-refractivity contribution in [1.29, 1.82) is 5.26 Å². The van der Waals surface area contributed by atoms with Crippen LogP contribution in [0.5, 0.6) is 5.75 Å². The number of thioether (sulfide) groups is 1. The fourth-order valence-corrected chi connectivity index (χ4v) is 3.14. The lowest BCUT2D eigenvalue weighted by Crippen LogP contribution is -1.90. The fourth-order valence-electron chi connectivity index (χ4n) is 1.50. The monoisotopic (exact) mass is 291 g/mol. The van der Waals surface area contributed by atoms with Crippen molar-refractivity contribution in [3.05, 3.63) is 35.2 Å². The van der Waals surface area contributed by atoms with Gasteiger partial charge in [0, 0.05) is 12.2 Å². The predicted molar refractivity (Wildman–Crippen MR) is 76.6 cm³/mol. The summed E-state index contributed by atoms with van der Waals surface area (Å²) < 4.78 is 10.4. The lowest BCUT2D eigenvalue weighted by Gasteiger charge is -2.05. The smallest absolute Gasteiger partial charge is 0.170 e. The van der Waals surface area contributed by atoms with Gasteiger partial charge in [0.05, 0.1) is 12.7 Å². The molecule has 0 spiro atoms. The Kier molecular flexibility index (Phi) is 4.77. The van der Waals surface area contributed by atoms with Gasteiger partial charge in [0.1, 0.15) is 17.6 Å². The number of benzene rings is 1. The van der Waals surface area contributed by atoms with Crippen molar-refractivity contribution < 1.29 is 4.74 Å². The highest BCUT2D eigenvalue weighted by atomic mass is 32.2. The molecule has 0 atom stereocenters. The highest BCUT2D eigenvalue weighted by Crippen LogP contribution is 2.27. The van der Waals surface area contributed by atoms with Crippen molar-refractivity contribution in [3.8, 4) is 11.8 Å². The minimum atomic E-state index is 0.556. The molecule has 98 valence electrons. The molecule has 0 amide bonds. The van der Waals surface area contributed by atoms with Gasteiger partial charge in [-0.1, -0.05) is 24.8 Å². The number of hydrogen-bond acceptors (Lipinski definition) is 6. The molecule has 1 heterocycles. The number of aryl methyl sites for hydroxylation is 1. The Morgan fingerprint density at radius 2 is 2.32 bits per heavy atom. The van der Waals surface area contributed by atoms with Crippen LogP contribution in [-0.4, -0.2) is 16.5 Å². The van der Waals surface area contributed by atoms with Crippen LogP contribution in [0.3, 0.4) is 0 Å². The summed E-state index contributed by atoms with van der Waals surface area (Å²) >= 11 is 3.08. The summed E-state index contributed by atoms with van der Waals surface area (Å²) in [7, 11) is 1.57. The predicted octanol–water partition coefficient (Wildman–Crippen LogP) is 3.27. The Morgan fingerprint density at radius 1 is 1.47 bits per heavy atom. The zero-order chi connectivity index (χ0) is 13.7. The third-order valence-corrected chi connectivity index (χ3v) is 4.46. The van der Waals surface area contributed by atoms with Crippen LogP contribution in [0.25, 0.3) is 0 Å². The molecule has 0 aliphatic heterocycles. The standard InChI is InChI=1S/C13H13N3OS2/c1-3-12-15-13(19-16-12)18-8-9-4-5-10(7-14)11(6-9)17-2/h4-6H,3,8H2,1-2H3. The number of hydrogen-bond donors (Lipinski definition) is 0. The van der Waals surface area contributed by atoms with E-state index in [1.54, 1.807) is 24.9 Å². The molecule has 1 aromatic heterocycles. The van der Waals surface area contributed by atoms with E-state index in [1.165, 1.54) is 11.5 Å². The first kappa shape index (κ1) is 13.8. The normalized spacial score (nSPS) is 10.2. The van der Waals surface area contributed by atoms with Gasteiger partial charge in [0.2, 0.25) is 0 Å². The number of methoxy groups -OCH3 is 1. The molecule has 0 unspecified atom stereocenters. The maximum atomic E-state index is 8.93. The van der Waals surface area contributed by atoms with E-state index >= 15 is 0 Å². The second-order valence-corrected chi connectivity index (χ2v) is 5.74. The molecular formula is C13H13N3OS2. The van der Waals surface area contributed by atoms with Gasteiger partial charge >= 0.3 is 0 Å². The van der Waals surface area contributed by atoms with Crippen LogP contribution in [0.2, 0.25) is 0 Å². The summed E-state index contributed by atoms with van der Waals surface area (Å²) in [6.07, 6.45) is 0.863. The summed E-state index contributed by atoms with van der Waals surface area (Å²) in [5, 5.41) is 8.93. The van der Waals surface area contributed by atoms with Crippen LogP contribution in [0, 0.1) is 11.3 Å². The molecule has 0 N–H and O–H groups in total. The average molecular weight is 291 g/mol. The van der Waals surface area contributed by atoms with E-state index in [4.69, 9.17) is 10.00 Å². The van der Waals surface area contributed by atoms with Gasteiger partial charge in [0.25, 0.3) is 0 Å². The van der Waals surface area contributed by atoms with Crippen molar-refractivity contribution in [2.75, 3.05) is 7.11 Å². The largest absolute Gasteiger partial charge is 0.495 e. The summed E-state index contributed by atoms with van der Waals surface area (Å²) in [6, 6.07) is 7.73. The van der Waals surface area contributed by atoms with Gasteiger partial charge in [-0.2, -0.15) is 9.64 Å². The van der Waals surface area contributed by atoms with Gasteiger partial charge < -0.3 is 4.74 Å². The number of nitriles is 1. The lowest BCUT2D eigenvalue weighted by atomic mass is 10.1. The van der Waals surface area contributed by atoms with Crippen LogP contribution in [0.15, 0.2) is 22.5 Å². The summed E-state index contributed by atoms with van der Waals surface area (Å²) in [4.78, 5) is 4.41. The lowest BCUT2D eigenvalue weighted by molar-refractivity contribution is 0.413. The van der Waals surface area contributed by atoms with Crippen LogP contribution in [0.4, 0.5) is 0 Å². The first-order valence-electron chi connectivity index (χ1n) is 5.79. The second-order valence-electron chi connectivity index (χ2n) is 3.77. The maximum absolute atomic E-state index is 8.93. The zero-order valence-corrected chi connectivity index (χ0v) is 12.3. The van der Waals surface area contributed by atoms with E-state index in [0.717, 1.165) is 27.9 Å². The summed E-state index contributed by atoms with van der Waals surface area (Å²) in [5.74, 6) is 2.30. The van der Waals surface area contributed by atoms with Crippen LogP contribution >= 0.6 is 23.3 Å². The molecular weight excluding hydrogens is 278 g/mol. The minimum Gasteiger partial charge on any atom is -0.495 e. The number of nitrogens with zero attached hydrogens (tertiary/aromatic N) is 3. The molecule has 0 saturated carbocycles. The molecule has 0 bridgehead atoms. The molecule has 0 aliphatic carbocycles. The minimum absolute atomic E-state index is 0.556. The molecule has 0 radical (unpaired) electrons. The molecule has 2 aromatic rings. The molecule has 2 rings (SSSR count). The van der Waals surface area contributed by atoms with Gasteiger partial charge in [-0.3, -0.25) is 0 Å². The van der Waals surface area contributed by atoms with Crippen molar-refractivity contribution in [3.63, 3.8) is 0 Å². The Hall–Kier alpha value is -1.58. The molecule has 4 nitrogen and oxygen atoms in total. The summed E-state index contributed by atoms with van der Waals surface area (Å²) in [6.45, 7) is 2.04. The van der Waals surface area contributed by atoms with E-state index < -0.39 is 0 Å². The van der Waals surface area contributed by atoms with Crippen molar-refractivity contribution >= 4 is 23.3 Å². The van der Waals surface area contributed by atoms with E-state index in [2.05, 4.69) is 15.4 Å². The van der Waals surface area contributed by atoms with Gasteiger partial charge in [-0.05, 0) is 29.2 Å². The molecule has 6 heteroatoms. The molecule has 19 heavy (non-hydrogen) atoms. The van der Waals surface area contributed by atoms with E-state index in [-0.39, 0.29) is 0 Å². The van der Waals surface area contributed by atoms with Gasteiger partial charge in [-0.15, -0.1) is 0 Å². The van der Waals surface area contributed by atoms with Crippen LogP contribution in [0.1, 0.15) is 23.9 Å². The van der Waals surface area contributed by atoms with E-state index in [9.17, 15) is 0 Å². The Bertz CT molecular complexity index is 604. The second kappa shape index (κ2) is 6.55. The molecule has 1 aromatic carbocycles. The SMILES string of the molecule is CCc1nsc(SCc2ccc(C#N)c(OC)c2)n1. The van der Waals surface area contributed by atoms with Crippen LogP contribution in [-0.2, 0) is 12.2 Å². The number of rotatable bonds is 5. The highest BCUT2D eigenvalue weighted by Gasteiger charge is 2.06. The highest BCUT2D eigenvalue weighted by molar-refractivity contribution is 8.00. The average Bonchev–Trinajstić information content (AvgIpc) is 2.92. The fraction of sp³-hybridized carbons (Fsp3) is 0.308. The van der Waals surface area contributed by atoms with Gasteiger partial charge in [-0.25, -0.2) is 4.98 Å². The summed E-state index contributed by atoms with van der Waals surface area (Å²) in [5.41, 5.74) is 1.66. The van der Waals surface area contributed by atoms with Crippen molar-refractivity contribution in [2.24, 2.45) is 0 Å². The quantitative estimate of drug-likeness (QED) is 0.791. The first-order chi connectivity index (χ1) is 9.26. The molecule has 0 fully saturated rings. The van der Waals surface area contributed by atoms with Crippen molar-refractivity contribution in [1.82, 2.24) is 9.36 Å². The first-order valence-corrected chi connectivity index (χ1v) is 7.55. The van der Waals surface area contributed by atoms with E-state index in [0.29, 0.717) is 11.3 Å². The Morgan fingerprint density at radius 3 is 2.95 bits per heavy atom. The third kappa shape index (κ3) is 3.46. The Labute approximate surface area is 120 Å². The van der Waals surface area contributed by atoms with E-state index in [1.807, 2.05) is 19.1 Å². The van der Waals surface area contributed by atoms with Gasteiger partial charge in [0.15, 0.2) is 4.34 Å². The number of aromatic nitrogens is 2. The Balaban J connectivity index is 2.05. The number of ether oxygens (including phenoxy) is 1. The zero-order valence-electron chi connectivity index (χ0n) is 10.7. The third-order valence-electron chi connectivity index (χ3n) is 2.51. The molecule has 0 aliphatic rings.